The van der Waals surface area contributed by atoms with E-state index in [1.54, 1.807) is 41.3 Å². The molecule has 5 N–H and O–H groups in total. The minimum Gasteiger partial charge on any atom is -0.442 e. The summed E-state index contributed by atoms with van der Waals surface area (Å²) in [6.07, 6.45) is 1.75. The van der Waals surface area contributed by atoms with Gasteiger partial charge in [0.1, 0.15) is 12.7 Å². The molecule has 260 valence electrons. The molecule has 2 saturated heterocycles. The summed E-state index contributed by atoms with van der Waals surface area (Å²) in [5.74, 6) is -1.34. The molecule has 4 rings (SSSR count). The lowest BCUT2D eigenvalue weighted by Gasteiger charge is -2.27. The Labute approximate surface area is 295 Å². The van der Waals surface area contributed by atoms with Gasteiger partial charge in [0.05, 0.1) is 35.0 Å². The molecule has 5 amide bonds. The first-order valence-corrected chi connectivity index (χ1v) is 16.2. The largest absolute Gasteiger partial charge is 0.442 e. The number of morpholine rings is 1. The third-order valence-electron chi connectivity index (χ3n) is 7.47. The number of benzene rings is 1. The highest BCUT2D eigenvalue weighted by atomic mass is 35.5. The van der Waals surface area contributed by atoms with E-state index in [0.29, 0.717) is 66.1 Å². The highest BCUT2D eigenvalue weighted by molar-refractivity contribution is 7.18. The van der Waals surface area contributed by atoms with Crippen molar-refractivity contribution in [2.75, 3.05) is 55.7 Å². The molecule has 2 aliphatic rings. The molecule has 2 aromatic rings. The molecule has 0 saturated carbocycles. The molecule has 2 atom stereocenters. The number of rotatable bonds is 15. The molecule has 2 aliphatic heterocycles. The van der Waals surface area contributed by atoms with Gasteiger partial charge in [0.2, 0.25) is 11.8 Å². The summed E-state index contributed by atoms with van der Waals surface area (Å²) in [4.78, 5) is 68.3. The molecule has 17 heteroatoms. The number of halogens is 3. The first-order chi connectivity index (χ1) is 21.7. The number of nitrogens with two attached hydrogens (primary N) is 2. The second-order valence-corrected chi connectivity index (χ2v) is 12.5. The molecular formula is C30H41Cl3N6O7S. The number of nitrogens with zero attached hydrogens (tertiary/aromatic N) is 3. The van der Waals surface area contributed by atoms with E-state index >= 15 is 0 Å². The summed E-state index contributed by atoms with van der Waals surface area (Å²) in [5, 5.41) is 2.78. The fourth-order valence-electron chi connectivity index (χ4n) is 5.01. The number of nitrogens with one attached hydrogen (secondary N) is 1. The molecular weight excluding hydrogens is 695 g/mol. The zero-order valence-corrected chi connectivity index (χ0v) is 29.0. The van der Waals surface area contributed by atoms with Crippen molar-refractivity contribution >= 4 is 88.8 Å². The van der Waals surface area contributed by atoms with E-state index in [2.05, 4.69) is 5.32 Å². The summed E-state index contributed by atoms with van der Waals surface area (Å²) in [6, 6.07) is 9.45. The second kappa shape index (κ2) is 19.7. The lowest BCUT2D eigenvalue weighted by Crippen LogP contribution is -2.43. The van der Waals surface area contributed by atoms with Crippen molar-refractivity contribution in [1.29, 1.82) is 0 Å². The smallest absolute Gasteiger partial charge is 0.414 e. The molecule has 0 bridgehead atoms. The van der Waals surface area contributed by atoms with Gasteiger partial charge in [0.25, 0.3) is 11.8 Å². The zero-order chi connectivity index (χ0) is 32.3. The van der Waals surface area contributed by atoms with Gasteiger partial charge in [-0.1, -0.05) is 18.0 Å². The van der Waals surface area contributed by atoms with Gasteiger partial charge >= 0.3 is 6.09 Å². The molecule has 47 heavy (non-hydrogen) atoms. The van der Waals surface area contributed by atoms with Crippen molar-refractivity contribution in [2.24, 2.45) is 11.5 Å². The fourth-order valence-corrected chi connectivity index (χ4v) is 6.01. The number of carbonyl (C=O) groups excluding carboxylic acids is 5. The van der Waals surface area contributed by atoms with Crippen LogP contribution in [0.4, 0.5) is 16.2 Å². The van der Waals surface area contributed by atoms with Crippen LogP contribution in [0, 0.1) is 0 Å². The molecule has 0 radical (unpaired) electrons. The highest BCUT2D eigenvalue weighted by Gasteiger charge is 2.36. The van der Waals surface area contributed by atoms with Gasteiger partial charge in [-0.05, 0) is 68.6 Å². The molecule has 3 heterocycles. The van der Waals surface area contributed by atoms with Crippen LogP contribution >= 0.6 is 47.8 Å². The highest BCUT2D eigenvalue weighted by Crippen LogP contribution is 2.27. The predicted octanol–water partition coefficient (Wildman–Crippen LogP) is 3.35. The van der Waals surface area contributed by atoms with Crippen LogP contribution in [-0.4, -0.2) is 92.7 Å². The third-order valence-corrected chi connectivity index (χ3v) is 8.69. The van der Waals surface area contributed by atoms with E-state index in [9.17, 15) is 24.0 Å². The Morgan fingerprint density at radius 2 is 1.72 bits per heavy atom. The summed E-state index contributed by atoms with van der Waals surface area (Å²) < 4.78 is 11.1. The number of imide groups is 1. The van der Waals surface area contributed by atoms with Gasteiger partial charge in [-0.25, -0.2) is 4.79 Å². The standard InChI is InChI=1S/C30H39ClN6O7S.2ClH/c31-25-12-11-24(45-25)29(41)37(26(38)6-2-4-14-34-28(40)23(33)5-1-3-13-32)18-22-17-36(30(42)44-22)21-9-7-20(8-10-21)35-15-16-43-19-27(35)39;;/h7-12,22-23H,1-6,13-19,32-33H2,(H,34,40);2*1H/t22-,23?;;/m1../s1. The SMILES string of the molecule is Cl.Cl.NCCCCC(N)C(=O)NCCCCC(=O)N(C[C@H]1CN(c2ccc(N3CCOCC3=O)cc2)C(=O)O1)C(=O)c1ccc(Cl)s1. The van der Waals surface area contributed by atoms with Crippen LogP contribution in [0.3, 0.4) is 0 Å². The van der Waals surface area contributed by atoms with Crippen LogP contribution in [0.2, 0.25) is 4.34 Å². The first-order valence-electron chi connectivity index (χ1n) is 15.0. The molecule has 1 unspecified atom stereocenters. The van der Waals surface area contributed by atoms with Gasteiger partial charge < -0.3 is 31.2 Å². The fraction of sp³-hybridized carbons (Fsp3) is 0.500. The van der Waals surface area contributed by atoms with Gasteiger partial charge in [-0.15, -0.1) is 36.2 Å². The topological polar surface area (TPSA) is 178 Å². The number of hydrogen-bond acceptors (Lipinski definition) is 10. The zero-order valence-electron chi connectivity index (χ0n) is 25.8. The number of carbonyl (C=O) groups is 5. The van der Waals surface area contributed by atoms with Crippen molar-refractivity contribution < 1.29 is 33.4 Å². The van der Waals surface area contributed by atoms with E-state index in [-0.39, 0.29) is 62.7 Å². The van der Waals surface area contributed by atoms with E-state index in [0.717, 1.165) is 29.1 Å². The number of cyclic esters (lactones) is 1. The summed E-state index contributed by atoms with van der Waals surface area (Å²) >= 11 is 7.10. The Morgan fingerprint density at radius 1 is 1.02 bits per heavy atom. The number of unbranched alkanes of at least 4 members (excludes halogenated alkanes) is 2. The maximum Gasteiger partial charge on any atom is 0.414 e. The van der Waals surface area contributed by atoms with Crippen molar-refractivity contribution in [3.8, 4) is 0 Å². The van der Waals surface area contributed by atoms with Crippen molar-refractivity contribution in [1.82, 2.24) is 10.2 Å². The summed E-state index contributed by atoms with van der Waals surface area (Å²) in [7, 11) is 0. The number of hydrogen-bond donors (Lipinski definition) is 3. The summed E-state index contributed by atoms with van der Waals surface area (Å²) in [5.41, 5.74) is 12.6. The minimum absolute atomic E-state index is 0. The van der Waals surface area contributed by atoms with Gasteiger partial charge in [0, 0.05) is 30.9 Å². The van der Waals surface area contributed by atoms with Crippen LogP contribution in [0.25, 0.3) is 0 Å². The maximum atomic E-state index is 13.4. The van der Waals surface area contributed by atoms with Gasteiger partial charge in [-0.2, -0.15) is 0 Å². The van der Waals surface area contributed by atoms with E-state index in [1.807, 2.05) is 0 Å². The number of anilines is 2. The normalized spacial score (nSPS) is 16.5. The number of amides is 5. The Hall–Kier alpha value is -2.98. The van der Waals surface area contributed by atoms with Crippen LogP contribution in [-0.2, 0) is 23.9 Å². The van der Waals surface area contributed by atoms with Crippen LogP contribution in [0.5, 0.6) is 0 Å². The Kier molecular flexibility index (Phi) is 16.9. The molecule has 0 aliphatic carbocycles. The minimum atomic E-state index is -0.763. The van der Waals surface area contributed by atoms with Gasteiger partial charge in [-0.3, -0.25) is 29.0 Å². The molecule has 1 aromatic carbocycles. The average Bonchev–Trinajstić information content (AvgIpc) is 3.64. The number of thiophene rings is 1. The van der Waals surface area contributed by atoms with Crippen LogP contribution in [0.15, 0.2) is 36.4 Å². The van der Waals surface area contributed by atoms with E-state index < -0.39 is 30.1 Å². The quantitative estimate of drug-likeness (QED) is 0.232. The number of ether oxygens (including phenoxy) is 2. The molecule has 1 aromatic heterocycles. The predicted molar refractivity (Wildman–Crippen MR) is 185 cm³/mol. The van der Waals surface area contributed by atoms with E-state index in [1.165, 1.54) is 4.90 Å². The molecule has 0 spiro atoms. The lowest BCUT2D eigenvalue weighted by molar-refractivity contribution is -0.129. The third kappa shape index (κ3) is 11.3. The Balaban J connectivity index is 0.00000384. The van der Waals surface area contributed by atoms with Crippen LogP contribution < -0.4 is 26.6 Å². The first kappa shape index (κ1) is 40.2. The van der Waals surface area contributed by atoms with Crippen molar-refractivity contribution in [3.05, 3.63) is 45.6 Å². The van der Waals surface area contributed by atoms with Crippen molar-refractivity contribution in [2.45, 2.75) is 50.7 Å². The monoisotopic (exact) mass is 734 g/mol. The van der Waals surface area contributed by atoms with Crippen molar-refractivity contribution in [3.63, 3.8) is 0 Å². The second-order valence-electron chi connectivity index (χ2n) is 10.8. The Bertz CT molecular complexity index is 1370. The Morgan fingerprint density at radius 3 is 2.36 bits per heavy atom. The van der Waals surface area contributed by atoms with Crippen LogP contribution in [0.1, 0.15) is 48.2 Å². The summed E-state index contributed by atoms with van der Waals surface area (Å²) in [6.45, 7) is 1.79. The van der Waals surface area contributed by atoms with Gasteiger partial charge in [0.15, 0.2) is 0 Å². The lowest BCUT2D eigenvalue weighted by atomic mass is 10.1. The average molecular weight is 736 g/mol. The van der Waals surface area contributed by atoms with E-state index in [4.69, 9.17) is 32.5 Å². The molecule has 13 nitrogen and oxygen atoms in total. The molecule has 2 fully saturated rings. The maximum absolute atomic E-state index is 13.4.